The number of aryl methyl sites for hydroxylation is 1. The molecule has 0 atom stereocenters. The third kappa shape index (κ3) is 7.87. The number of hydrogen-bond donors (Lipinski definition) is 1. The molecule has 0 bridgehead atoms. The number of rotatable bonds is 9. The van der Waals surface area contributed by atoms with Gasteiger partial charge in [-0.2, -0.15) is 0 Å². The number of carbonyl (C=O) groups excluding carboxylic acids is 2. The predicted molar refractivity (Wildman–Crippen MR) is 137 cm³/mol. The first-order chi connectivity index (χ1) is 17.7. The summed E-state index contributed by atoms with van der Waals surface area (Å²) in [6.07, 6.45) is 0. The first-order valence-electron chi connectivity index (χ1n) is 12.7. The second-order valence-corrected chi connectivity index (χ2v) is 10.5. The van der Waals surface area contributed by atoms with Crippen LogP contribution in [0, 0.1) is 6.92 Å². The van der Waals surface area contributed by atoms with E-state index in [1.54, 1.807) is 9.80 Å². The van der Waals surface area contributed by atoms with Gasteiger partial charge in [0, 0.05) is 38.3 Å². The quantitative estimate of drug-likeness (QED) is 0.550. The standard InChI is InChI=1S/C27H38N4O6/c1-20-5-7-22(37-20)17-31(16-21-6-8-23-24(15-21)36-19-35-23)25(32)18-30(26(33)28-27(2,3)4)10-9-29-11-13-34-14-12-29/h5-8,15H,9-14,16-19H2,1-4H3,(H,28,33). The molecular weight excluding hydrogens is 476 g/mol. The molecule has 37 heavy (non-hydrogen) atoms. The molecule has 0 spiro atoms. The van der Waals surface area contributed by atoms with Crippen molar-refractivity contribution in [2.45, 2.75) is 46.3 Å². The minimum absolute atomic E-state index is 0.0451. The molecule has 10 heteroatoms. The Hall–Kier alpha value is -3.24. The second-order valence-electron chi connectivity index (χ2n) is 10.5. The number of fused-ring (bicyclic) bond motifs is 1. The Bertz CT molecular complexity index is 1070. The van der Waals surface area contributed by atoms with Crippen LogP contribution in [0.5, 0.6) is 11.5 Å². The molecule has 1 aromatic heterocycles. The van der Waals surface area contributed by atoms with Crippen molar-refractivity contribution in [1.29, 1.82) is 0 Å². The molecule has 2 aromatic rings. The van der Waals surface area contributed by atoms with Crippen molar-refractivity contribution in [3.63, 3.8) is 0 Å². The number of hydrogen-bond acceptors (Lipinski definition) is 7. The number of nitrogens with zero attached hydrogens (tertiary/aromatic N) is 3. The molecule has 0 radical (unpaired) electrons. The lowest BCUT2D eigenvalue weighted by Crippen LogP contribution is -2.53. The number of benzene rings is 1. The summed E-state index contributed by atoms with van der Waals surface area (Å²) < 4.78 is 22.1. The van der Waals surface area contributed by atoms with Crippen LogP contribution >= 0.6 is 0 Å². The van der Waals surface area contributed by atoms with Gasteiger partial charge in [-0.15, -0.1) is 0 Å². The normalized spacial score (nSPS) is 15.5. The van der Waals surface area contributed by atoms with Crippen LogP contribution in [0.2, 0.25) is 0 Å². The maximum atomic E-state index is 13.7. The van der Waals surface area contributed by atoms with Crippen LogP contribution in [0.1, 0.15) is 37.9 Å². The van der Waals surface area contributed by atoms with Gasteiger partial charge >= 0.3 is 6.03 Å². The van der Waals surface area contributed by atoms with E-state index in [4.69, 9.17) is 18.6 Å². The molecule has 0 unspecified atom stereocenters. The number of carbonyl (C=O) groups is 2. The molecule has 0 saturated carbocycles. The summed E-state index contributed by atoms with van der Waals surface area (Å²) in [6.45, 7) is 12.5. The molecule has 2 aliphatic heterocycles. The highest BCUT2D eigenvalue weighted by molar-refractivity contribution is 5.84. The average Bonchev–Trinajstić information content (AvgIpc) is 3.48. The fourth-order valence-electron chi connectivity index (χ4n) is 4.25. The van der Waals surface area contributed by atoms with Crippen molar-refractivity contribution < 1.29 is 28.2 Å². The fourth-order valence-corrected chi connectivity index (χ4v) is 4.25. The van der Waals surface area contributed by atoms with Crippen LogP contribution in [0.3, 0.4) is 0 Å². The lowest BCUT2D eigenvalue weighted by molar-refractivity contribution is -0.133. The van der Waals surface area contributed by atoms with E-state index < -0.39 is 5.54 Å². The van der Waals surface area contributed by atoms with E-state index in [9.17, 15) is 9.59 Å². The van der Waals surface area contributed by atoms with Crippen molar-refractivity contribution >= 4 is 11.9 Å². The molecule has 1 aromatic carbocycles. The Labute approximate surface area is 218 Å². The zero-order valence-electron chi connectivity index (χ0n) is 22.2. The third-order valence-electron chi connectivity index (χ3n) is 6.19. The monoisotopic (exact) mass is 514 g/mol. The second kappa shape index (κ2) is 11.9. The topological polar surface area (TPSA) is 96.7 Å². The van der Waals surface area contributed by atoms with E-state index in [1.807, 2.05) is 58.0 Å². The SMILES string of the molecule is Cc1ccc(CN(Cc2ccc3c(c2)OCO3)C(=O)CN(CCN2CCOCC2)C(=O)NC(C)(C)C)o1. The highest BCUT2D eigenvalue weighted by atomic mass is 16.7. The highest BCUT2D eigenvalue weighted by Crippen LogP contribution is 2.33. The minimum Gasteiger partial charge on any atom is -0.464 e. The largest absolute Gasteiger partial charge is 0.464 e. The van der Waals surface area contributed by atoms with Gasteiger partial charge in [-0.25, -0.2) is 4.79 Å². The van der Waals surface area contributed by atoms with Gasteiger partial charge in [0.1, 0.15) is 18.1 Å². The van der Waals surface area contributed by atoms with Gasteiger partial charge in [0.25, 0.3) is 0 Å². The van der Waals surface area contributed by atoms with Crippen LogP contribution in [0.25, 0.3) is 0 Å². The first kappa shape index (κ1) is 26.8. The number of amides is 3. The molecule has 1 saturated heterocycles. The van der Waals surface area contributed by atoms with Gasteiger partial charge in [0.05, 0.1) is 19.8 Å². The van der Waals surface area contributed by atoms with Crippen molar-refractivity contribution in [2.75, 3.05) is 52.7 Å². The molecule has 1 fully saturated rings. The molecular formula is C27H38N4O6. The summed E-state index contributed by atoms with van der Waals surface area (Å²) in [5.74, 6) is 2.65. The number of ether oxygens (including phenoxy) is 3. The van der Waals surface area contributed by atoms with E-state index in [2.05, 4.69) is 10.2 Å². The predicted octanol–water partition coefficient (Wildman–Crippen LogP) is 2.99. The Morgan fingerprint density at radius 3 is 2.46 bits per heavy atom. The summed E-state index contributed by atoms with van der Waals surface area (Å²) in [5.41, 5.74) is 0.481. The van der Waals surface area contributed by atoms with Crippen molar-refractivity contribution in [3.8, 4) is 11.5 Å². The molecule has 4 rings (SSSR count). The number of furan rings is 1. The van der Waals surface area contributed by atoms with Crippen molar-refractivity contribution in [1.82, 2.24) is 20.0 Å². The van der Waals surface area contributed by atoms with E-state index in [0.29, 0.717) is 56.7 Å². The highest BCUT2D eigenvalue weighted by Gasteiger charge is 2.26. The van der Waals surface area contributed by atoms with Crippen LogP contribution in [-0.2, 0) is 22.6 Å². The summed E-state index contributed by atoms with van der Waals surface area (Å²) in [6, 6.07) is 9.15. The average molecular weight is 515 g/mol. The Balaban J connectivity index is 1.49. The Morgan fingerprint density at radius 2 is 1.76 bits per heavy atom. The molecule has 3 amide bonds. The number of morpholine rings is 1. The van der Waals surface area contributed by atoms with E-state index in [1.165, 1.54) is 0 Å². The molecule has 2 aliphatic rings. The molecule has 10 nitrogen and oxygen atoms in total. The summed E-state index contributed by atoms with van der Waals surface area (Å²) in [4.78, 5) is 32.4. The van der Waals surface area contributed by atoms with Crippen molar-refractivity contribution in [2.24, 2.45) is 0 Å². The minimum atomic E-state index is -0.421. The summed E-state index contributed by atoms with van der Waals surface area (Å²) in [7, 11) is 0. The van der Waals surface area contributed by atoms with Crippen LogP contribution < -0.4 is 14.8 Å². The van der Waals surface area contributed by atoms with Crippen LogP contribution in [0.4, 0.5) is 4.79 Å². The van der Waals surface area contributed by atoms with E-state index >= 15 is 0 Å². The van der Waals surface area contributed by atoms with Crippen LogP contribution in [0.15, 0.2) is 34.7 Å². The number of nitrogens with one attached hydrogen (secondary N) is 1. The van der Waals surface area contributed by atoms with Gasteiger partial charge in [0.2, 0.25) is 12.7 Å². The maximum Gasteiger partial charge on any atom is 0.318 e. The van der Waals surface area contributed by atoms with Gasteiger partial charge in [-0.1, -0.05) is 6.07 Å². The Morgan fingerprint density at radius 1 is 1.00 bits per heavy atom. The van der Waals surface area contributed by atoms with E-state index in [0.717, 1.165) is 24.4 Å². The molecule has 0 aliphatic carbocycles. The summed E-state index contributed by atoms with van der Waals surface area (Å²) in [5, 5.41) is 3.01. The zero-order valence-corrected chi connectivity index (χ0v) is 22.2. The maximum absolute atomic E-state index is 13.7. The zero-order chi connectivity index (χ0) is 26.4. The molecule has 202 valence electrons. The van der Waals surface area contributed by atoms with Crippen LogP contribution in [-0.4, -0.2) is 84.9 Å². The van der Waals surface area contributed by atoms with Gasteiger partial charge in [0.15, 0.2) is 11.5 Å². The lowest BCUT2D eigenvalue weighted by atomic mass is 10.1. The number of urea groups is 1. The van der Waals surface area contributed by atoms with Gasteiger partial charge in [-0.05, 0) is 57.5 Å². The van der Waals surface area contributed by atoms with Gasteiger partial charge in [-0.3, -0.25) is 9.69 Å². The summed E-state index contributed by atoms with van der Waals surface area (Å²) >= 11 is 0. The Kier molecular flexibility index (Phi) is 8.60. The van der Waals surface area contributed by atoms with Crippen molar-refractivity contribution in [3.05, 3.63) is 47.4 Å². The smallest absolute Gasteiger partial charge is 0.318 e. The lowest BCUT2D eigenvalue weighted by Gasteiger charge is -2.33. The fraction of sp³-hybridized carbons (Fsp3) is 0.556. The first-order valence-corrected chi connectivity index (χ1v) is 12.7. The van der Waals surface area contributed by atoms with Gasteiger partial charge < -0.3 is 33.7 Å². The molecule has 3 heterocycles. The van der Waals surface area contributed by atoms with E-state index in [-0.39, 0.29) is 25.3 Å². The third-order valence-corrected chi connectivity index (χ3v) is 6.19. The molecule has 1 N–H and O–H groups in total.